The van der Waals surface area contributed by atoms with Crippen molar-refractivity contribution in [3.63, 3.8) is 0 Å². The number of hydrogen-bond acceptors (Lipinski definition) is 6. The lowest BCUT2D eigenvalue weighted by atomic mass is 10.2. The van der Waals surface area contributed by atoms with Crippen molar-refractivity contribution in [3.05, 3.63) is 60.8 Å². The van der Waals surface area contributed by atoms with Gasteiger partial charge in [-0.1, -0.05) is 0 Å². The Bertz CT molecular complexity index is 841. The summed E-state index contributed by atoms with van der Waals surface area (Å²) in [6.45, 7) is 3.72. The summed E-state index contributed by atoms with van der Waals surface area (Å²) < 4.78 is 6.04. The highest BCUT2D eigenvalue weighted by Gasteiger charge is 2.25. The summed E-state index contributed by atoms with van der Waals surface area (Å²) in [5.41, 5.74) is 1.87. The molecule has 1 aliphatic heterocycles. The fourth-order valence-electron chi connectivity index (χ4n) is 2.98. The molecule has 0 unspecified atom stereocenters. The summed E-state index contributed by atoms with van der Waals surface area (Å²) in [4.78, 5) is 19.7. The minimum atomic E-state index is 0.152. The number of pyridine rings is 2. The Morgan fingerprint density at radius 2 is 1.96 bits per heavy atom. The Balaban J connectivity index is 1.52. The van der Waals surface area contributed by atoms with E-state index in [-0.39, 0.29) is 6.10 Å². The molecule has 0 N–H and O–H groups in total. The third kappa shape index (κ3) is 3.57. The highest BCUT2D eigenvalue weighted by molar-refractivity contribution is 5.57. The molecule has 0 radical (unpaired) electrons. The number of ether oxygens (including phenoxy) is 1. The van der Waals surface area contributed by atoms with E-state index in [4.69, 9.17) is 9.72 Å². The molecule has 4 rings (SSSR count). The first kappa shape index (κ1) is 15.5. The average molecular weight is 333 g/mol. The number of hydrogen-bond donors (Lipinski definition) is 0. The molecule has 6 heteroatoms. The van der Waals surface area contributed by atoms with Gasteiger partial charge in [0.25, 0.3) is 0 Å². The number of rotatable bonds is 4. The third-order valence-corrected chi connectivity index (χ3v) is 4.18. The molecule has 3 aromatic rings. The molecule has 1 aliphatic rings. The molecule has 0 aromatic carbocycles. The maximum absolute atomic E-state index is 6.04. The molecule has 0 spiro atoms. The molecule has 6 nitrogen and oxygen atoms in total. The average Bonchev–Trinajstić information content (AvgIpc) is 3.11. The van der Waals surface area contributed by atoms with Crippen molar-refractivity contribution in [2.24, 2.45) is 0 Å². The van der Waals surface area contributed by atoms with Crippen LogP contribution in [-0.4, -0.2) is 39.1 Å². The van der Waals surface area contributed by atoms with E-state index < -0.39 is 0 Å². The van der Waals surface area contributed by atoms with Crippen LogP contribution < -0.4 is 9.64 Å². The molecule has 0 saturated carbocycles. The number of aryl methyl sites for hydroxylation is 1. The summed E-state index contributed by atoms with van der Waals surface area (Å²) in [5, 5.41) is 0. The molecule has 126 valence electrons. The highest BCUT2D eigenvalue weighted by Crippen LogP contribution is 2.24. The van der Waals surface area contributed by atoms with Crippen molar-refractivity contribution in [2.45, 2.75) is 19.4 Å². The van der Waals surface area contributed by atoms with E-state index in [1.807, 2.05) is 37.3 Å². The largest absolute Gasteiger partial charge is 0.488 e. The molecule has 25 heavy (non-hydrogen) atoms. The lowest BCUT2D eigenvalue weighted by Gasteiger charge is -2.19. The minimum absolute atomic E-state index is 0.152. The normalized spacial score (nSPS) is 16.8. The summed E-state index contributed by atoms with van der Waals surface area (Å²) in [6, 6.07) is 9.67. The predicted molar refractivity (Wildman–Crippen MR) is 95.5 cm³/mol. The zero-order valence-corrected chi connectivity index (χ0v) is 14.0. The summed E-state index contributed by atoms with van der Waals surface area (Å²) in [6.07, 6.45) is 8.15. The van der Waals surface area contributed by atoms with Crippen LogP contribution in [0.15, 0.2) is 55.1 Å². The number of anilines is 1. The SMILES string of the molecule is Cc1cc(N2CC[C@@H](Oc3ccncc3)C2)nc(-c2cccnc2)n1. The topological polar surface area (TPSA) is 64.0 Å². The zero-order valence-electron chi connectivity index (χ0n) is 14.0. The standard InChI is InChI=1S/C19H19N5O/c1-14-11-18(23-19(22-14)15-3-2-7-21-12-15)24-10-6-17(13-24)25-16-4-8-20-9-5-16/h2-5,7-9,11-12,17H,6,10,13H2,1H3/t17-/m1/s1. The molecule has 1 saturated heterocycles. The lowest BCUT2D eigenvalue weighted by Crippen LogP contribution is -2.25. The van der Waals surface area contributed by atoms with Gasteiger partial charge in [0.2, 0.25) is 0 Å². The van der Waals surface area contributed by atoms with E-state index in [2.05, 4.69) is 19.9 Å². The molecular formula is C19H19N5O. The van der Waals surface area contributed by atoms with Gasteiger partial charge < -0.3 is 9.64 Å². The van der Waals surface area contributed by atoms with Crippen LogP contribution in [0.5, 0.6) is 5.75 Å². The fourth-order valence-corrected chi connectivity index (χ4v) is 2.98. The Morgan fingerprint density at radius 1 is 1.08 bits per heavy atom. The monoisotopic (exact) mass is 333 g/mol. The van der Waals surface area contributed by atoms with Crippen LogP contribution >= 0.6 is 0 Å². The molecule has 3 aromatic heterocycles. The Kier molecular flexibility index (Phi) is 4.24. The van der Waals surface area contributed by atoms with Gasteiger partial charge in [-0.2, -0.15) is 0 Å². The molecule has 0 aliphatic carbocycles. The lowest BCUT2D eigenvalue weighted by molar-refractivity contribution is 0.224. The Labute approximate surface area is 146 Å². The van der Waals surface area contributed by atoms with Crippen molar-refractivity contribution in [1.29, 1.82) is 0 Å². The summed E-state index contributed by atoms with van der Waals surface area (Å²) >= 11 is 0. The van der Waals surface area contributed by atoms with Crippen LogP contribution in [0, 0.1) is 6.92 Å². The van der Waals surface area contributed by atoms with Crippen LogP contribution in [0.2, 0.25) is 0 Å². The number of aromatic nitrogens is 4. The van der Waals surface area contributed by atoms with Gasteiger partial charge in [-0.15, -0.1) is 0 Å². The Hall–Kier alpha value is -3.02. The van der Waals surface area contributed by atoms with Crippen molar-refractivity contribution >= 4 is 5.82 Å². The first-order chi connectivity index (χ1) is 12.3. The van der Waals surface area contributed by atoms with Crippen molar-refractivity contribution in [1.82, 2.24) is 19.9 Å². The van der Waals surface area contributed by atoms with E-state index >= 15 is 0 Å². The van der Waals surface area contributed by atoms with Gasteiger partial charge in [0.1, 0.15) is 17.7 Å². The maximum atomic E-state index is 6.04. The number of nitrogens with zero attached hydrogens (tertiary/aromatic N) is 5. The molecule has 0 bridgehead atoms. The first-order valence-corrected chi connectivity index (χ1v) is 8.35. The van der Waals surface area contributed by atoms with Crippen LogP contribution in [0.3, 0.4) is 0 Å². The third-order valence-electron chi connectivity index (χ3n) is 4.18. The van der Waals surface area contributed by atoms with Gasteiger partial charge in [-0.25, -0.2) is 9.97 Å². The summed E-state index contributed by atoms with van der Waals surface area (Å²) in [5.74, 6) is 2.51. The minimum Gasteiger partial charge on any atom is -0.488 e. The van der Waals surface area contributed by atoms with Crippen LogP contribution in [0.1, 0.15) is 12.1 Å². The molecular weight excluding hydrogens is 314 g/mol. The second-order valence-electron chi connectivity index (χ2n) is 6.09. The van der Waals surface area contributed by atoms with Gasteiger partial charge in [0, 0.05) is 55.1 Å². The first-order valence-electron chi connectivity index (χ1n) is 8.35. The van der Waals surface area contributed by atoms with Crippen molar-refractivity contribution < 1.29 is 4.74 Å². The van der Waals surface area contributed by atoms with Crippen molar-refractivity contribution in [3.8, 4) is 17.1 Å². The van der Waals surface area contributed by atoms with Crippen LogP contribution in [-0.2, 0) is 0 Å². The van der Waals surface area contributed by atoms with Gasteiger partial charge in [-0.3, -0.25) is 9.97 Å². The van der Waals surface area contributed by atoms with Crippen LogP contribution in [0.4, 0.5) is 5.82 Å². The highest BCUT2D eigenvalue weighted by atomic mass is 16.5. The Morgan fingerprint density at radius 3 is 2.76 bits per heavy atom. The fraction of sp³-hybridized carbons (Fsp3) is 0.263. The van der Waals surface area contributed by atoms with E-state index in [1.54, 1.807) is 24.8 Å². The molecule has 1 atom stereocenters. The van der Waals surface area contributed by atoms with E-state index in [0.717, 1.165) is 42.3 Å². The van der Waals surface area contributed by atoms with Gasteiger partial charge in [0.05, 0.1) is 6.54 Å². The van der Waals surface area contributed by atoms with Crippen LogP contribution in [0.25, 0.3) is 11.4 Å². The molecule has 1 fully saturated rings. The second kappa shape index (κ2) is 6.84. The quantitative estimate of drug-likeness (QED) is 0.731. The van der Waals surface area contributed by atoms with Gasteiger partial charge in [0.15, 0.2) is 5.82 Å². The van der Waals surface area contributed by atoms with E-state index in [1.165, 1.54) is 0 Å². The zero-order chi connectivity index (χ0) is 17.1. The summed E-state index contributed by atoms with van der Waals surface area (Å²) in [7, 11) is 0. The van der Waals surface area contributed by atoms with Gasteiger partial charge in [-0.05, 0) is 31.2 Å². The molecule has 4 heterocycles. The van der Waals surface area contributed by atoms with Crippen molar-refractivity contribution in [2.75, 3.05) is 18.0 Å². The predicted octanol–water partition coefficient (Wildman–Crippen LogP) is 2.90. The van der Waals surface area contributed by atoms with Gasteiger partial charge >= 0.3 is 0 Å². The second-order valence-corrected chi connectivity index (χ2v) is 6.09. The maximum Gasteiger partial charge on any atom is 0.163 e. The smallest absolute Gasteiger partial charge is 0.163 e. The van der Waals surface area contributed by atoms with E-state index in [0.29, 0.717) is 5.82 Å². The molecule has 0 amide bonds. The van der Waals surface area contributed by atoms with E-state index in [9.17, 15) is 0 Å².